The van der Waals surface area contributed by atoms with Crippen molar-refractivity contribution in [2.75, 3.05) is 33.9 Å². The number of pyridine rings is 1. The second-order valence-corrected chi connectivity index (χ2v) is 9.50. The molecule has 2 heterocycles. The number of carbonyl (C=O) groups excluding carboxylic acids is 1. The second-order valence-electron chi connectivity index (χ2n) is 9.50. The number of methoxy groups -OCH3 is 2. The van der Waals surface area contributed by atoms with Crippen LogP contribution >= 0.6 is 0 Å². The lowest BCUT2D eigenvalue weighted by Crippen LogP contribution is -2.47. The molecule has 0 saturated carbocycles. The lowest BCUT2D eigenvalue weighted by molar-refractivity contribution is 0.0578. The van der Waals surface area contributed by atoms with Crippen molar-refractivity contribution in [2.45, 2.75) is 18.6 Å². The molecule has 4 aromatic rings. The molecule has 7 heteroatoms. The minimum absolute atomic E-state index is 0.00445. The van der Waals surface area contributed by atoms with E-state index in [0.29, 0.717) is 19.7 Å². The minimum Gasteiger partial charge on any atom is -0.491 e. The van der Waals surface area contributed by atoms with Gasteiger partial charge in [0.25, 0.3) is 11.3 Å². The van der Waals surface area contributed by atoms with E-state index in [0.717, 1.165) is 16.7 Å². The van der Waals surface area contributed by atoms with Crippen molar-refractivity contribution in [3.63, 3.8) is 0 Å². The number of benzene rings is 3. The molecule has 0 fully saturated rings. The van der Waals surface area contributed by atoms with E-state index in [4.69, 9.17) is 14.2 Å². The van der Waals surface area contributed by atoms with Crippen molar-refractivity contribution >= 4 is 5.91 Å². The summed E-state index contributed by atoms with van der Waals surface area (Å²) in [5, 5.41) is 0. The Morgan fingerprint density at radius 1 is 0.846 bits per heavy atom. The highest BCUT2D eigenvalue weighted by Crippen LogP contribution is 2.41. The van der Waals surface area contributed by atoms with Crippen molar-refractivity contribution in [1.82, 2.24) is 9.47 Å². The van der Waals surface area contributed by atoms with Crippen LogP contribution < -0.4 is 14.9 Å². The molecule has 1 amide bonds. The number of nitrogens with zero attached hydrogens (tertiary/aromatic N) is 2. The zero-order valence-corrected chi connectivity index (χ0v) is 22.2. The average Bonchev–Trinajstić information content (AvgIpc) is 2.98. The van der Waals surface area contributed by atoms with Gasteiger partial charge < -0.3 is 23.7 Å². The van der Waals surface area contributed by atoms with Crippen LogP contribution in [0.1, 0.15) is 39.1 Å². The Hall–Kier alpha value is -4.36. The molecule has 1 aromatic heterocycles. The van der Waals surface area contributed by atoms with Crippen LogP contribution in [0, 0.1) is 0 Å². The standard InChI is InChI=1S/C32H32N2O5/c1-37-19-18-33-20-26(28(24-14-8-4-9-15-24)25-16-10-5-11-17-25)34-21-27(38-2)30(35)31(29(34)32(33)36)39-22-23-12-6-3-7-13-23/h3-17,21,26,28H,18-20,22H2,1-2H3/t26-/m1/s1. The van der Waals surface area contributed by atoms with Crippen molar-refractivity contribution in [1.29, 1.82) is 0 Å². The molecular formula is C32H32N2O5. The summed E-state index contributed by atoms with van der Waals surface area (Å²) in [5.41, 5.74) is 2.87. The molecule has 39 heavy (non-hydrogen) atoms. The SMILES string of the molecule is COCCN1C[C@H](C(c2ccccc2)c2ccccc2)n2cc(OC)c(=O)c(OCc3ccccc3)c2C1=O. The quantitative estimate of drug-likeness (QED) is 0.295. The van der Waals surface area contributed by atoms with E-state index in [9.17, 15) is 9.59 Å². The van der Waals surface area contributed by atoms with Crippen molar-refractivity contribution < 1.29 is 19.0 Å². The van der Waals surface area contributed by atoms with Crippen molar-refractivity contribution in [3.8, 4) is 11.5 Å². The maximum Gasteiger partial charge on any atom is 0.274 e. The van der Waals surface area contributed by atoms with Crippen LogP contribution in [-0.2, 0) is 11.3 Å². The Bertz CT molecular complexity index is 1420. The molecule has 0 radical (unpaired) electrons. The fourth-order valence-electron chi connectivity index (χ4n) is 5.23. The first-order valence-electron chi connectivity index (χ1n) is 13.0. The van der Waals surface area contributed by atoms with Gasteiger partial charge in [0.1, 0.15) is 6.61 Å². The summed E-state index contributed by atoms with van der Waals surface area (Å²) >= 11 is 0. The van der Waals surface area contributed by atoms with E-state index in [1.54, 1.807) is 18.2 Å². The van der Waals surface area contributed by atoms with Crippen molar-refractivity contribution in [3.05, 3.63) is 130 Å². The van der Waals surface area contributed by atoms with Crippen LogP contribution in [0.2, 0.25) is 0 Å². The third kappa shape index (κ3) is 5.45. The molecule has 1 atom stereocenters. The van der Waals surface area contributed by atoms with Gasteiger partial charge in [0.2, 0.25) is 5.75 Å². The van der Waals surface area contributed by atoms with Crippen LogP contribution in [-0.4, -0.2) is 49.3 Å². The average molecular weight is 525 g/mol. The summed E-state index contributed by atoms with van der Waals surface area (Å²) in [6.45, 7) is 1.34. The molecular weight excluding hydrogens is 492 g/mol. The highest BCUT2D eigenvalue weighted by atomic mass is 16.5. The first-order chi connectivity index (χ1) is 19.1. The lowest BCUT2D eigenvalue weighted by atomic mass is 9.83. The van der Waals surface area contributed by atoms with E-state index >= 15 is 0 Å². The van der Waals surface area contributed by atoms with Gasteiger partial charge in [-0.15, -0.1) is 0 Å². The number of ether oxygens (including phenoxy) is 3. The molecule has 0 unspecified atom stereocenters. The first-order valence-corrected chi connectivity index (χ1v) is 13.0. The van der Waals surface area contributed by atoms with Gasteiger partial charge in [0.15, 0.2) is 11.4 Å². The topological polar surface area (TPSA) is 70.0 Å². The predicted molar refractivity (Wildman–Crippen MR) is 150 cm³/mol. The highest BCUT2D eigenvalue weighted by Gasteiger charge is 2.40. The Morgan fingerprint density at radius 2 is 1.44 bits per heavy atom. The number of hydrogen-bond acceptors (Lipinski definition) is 5. The van der Waals surface area contributed by atoms with Gasteiger partial charge in [0, 0.05) is 26.1 Å². The minimum atomic E-state index is -0.448. The first kappa shape index (κ1) is 26.3. The van der Waals surface area contributed by atoms with Crippen LogP contribution in [0.5, 0.6) is 11.5 Å². The van der Waals surface area contributed by atoms with Gasteiger partial charge in [0.05, 0.1) is 26.0 Å². The molecule has 0 bridgehead atoms. The van der Waals surface area contributed by atoms with Crippen LogP contribution in [0.4, 0.5) is 0 Å². The molecule has 3 aromatic carbocycles. The maximum absolute atomic E-state index is 13.9. The number of carbonyl (C=O) groups is 1. The number of rotatable bonds is 10. The Labute approximate surface area is 228 Å². The fourth-order valence-corrected chi connectivity index (χ4v) is 5.23. The number of fused-ring (bicyclic) bond motifs is 1. The van der Waals surface area contributed by atoms with Gasteiger partial charge in [-0.3, -0.25) is 9.59 Å². The molecule has 200 valence electrons. The van der Waals surface area contributed by atoms with E-state index in [1.807, 2.05) is 71.3 Å². The number of amides is 1. The largest absolute Gasteiger partial charge is 0.491 e. The summed E-state index contributed by atoms with van der Waals surface area (Å²) in [6, 6.07) is 29.8. The summed E-state index contributed by atoms with van der Waals surface area (Å²) in [7, 11) is 3.07. The zero-order valence-electron chi connectivity index (χ0n) is 22.2. The second kappa shape index (κ2) is 12.0. The van der Waals surface area contributed by atoms with E-state index in [-0.39, 0.29) is 41.7 Å². The third-order valence-corrected chi connectivity index (χ3v) is 7.13. The molecule has 0 aliphatic carbocycles. The van der Waals surface area contributed by atoms with E-state index < -0.39 is 5.43 Å². The Morgan fingerprint density at radius 3 is 2.00 bits per heavy atom. The van der Waals surface area contributed by atoms with E-state index in [2.05, 4.69) is 24.3 Å². The number of hydrogen-bond donors (Lipinski definition) is 0. The Kier molecular flexibility index (Phi) is 8.08. The normalized spacial score (nSPS) is 14.8. The fraction of sp³-hybridized carbons (Fsp3) is 0.250. The van der Waals surface area contributed by atoms with Gasteiger partial charge in [-0.25, -0.2) is 0 Å². The van der Waals surface area contributed by atoms with Crippen LogP contribution in [0.15, 0.2) is 102 Å². The number of aromatic nitrogens is 1. The summed E-state index contributed by atoms with van der Waals surface area (Å²) in [5.74, 6) is -0.260. The van der Waals surface area contributed by atoms with Crippen LogP contribution in [0.25, 0.3) is 0 Å². The van der Waals surface area contributed by atoms with E-state index in [1.165, 1.54) is 7.11 Å². The lowest BCUT2D eigenvalue weighted by Gasteiger charge is -2.40. The molecule has 7 nitrogen and oxygen atoms in total. The summed E-state index contributed by atoms with van der Waals surface area (Å²) in [4.78, 5) is 29.2. The Balaban J connectivity index is 1.70. The molecule has 0 N–H and O–H groups in total. The predicted octanol–water partition coefficient (Wildman–Crippen LogP) is 4.91. The van der Waals surface area contributed by atoms with Gasteiger partial charge in [-0.1, -0.05) is 91.0 Å². The summed E-state index contributed by atoms with van der Waals surface area (Å²) in [6.07, 6.45) is 1.65. The molecule has 1 aliphatic heterocycles. The van der Waals surface area contributed by atoms with Gasteiger partial charge >= 0.3 is 0 Å². The monoisotopic (exact) mass is 524 g/mol. The molecule has 0 spiro atoms. The zero-order chi connectivity index (χ0) is 27.2. The van der Waals surface area contributed by atoms with Gasteiger partial charge in [-0.2, -0.15) is 0 Å². The van der Waals surface area contributed by atoms with Gasteiger partial charge in [-0.05, 0) is 16.7 Å². The maximum atomic E-state index is 13.9. The van der Waals surface area contributed by atoms with Crippen LogP contribution in [0.3, 0.4) is 0 Å². The molecule has 0 saturated heterocycles. The van der Waals surface area contributed by atoms with Crippen molar-refractivity contribution in [2.24, 2.45) is 0 Å². The highest BCUT2D eigenvalue weighted by molar-refractivity contribution is 5.96. The third-order valence-electron chi connectivity index (χ3n) is 7.13. The smallest absolute Gasteiger partial charge is 0.274 e. The molecule has 1 aliphatic rings. The molecule has 5 rings (SSSR count). The summed E-state index contributed by atoms with van der Waals surface area (Å²) < 4.78 is 18.9.